The molecular formula is C16H16N2O2S. The number of aromatic carboxylic acids is 1. The molecule has 0 aliphatic carbocycles. The number of carboxylic acids is 1. The highest BCUT2D eigenvalue weighted by atomic mass is 32.1. The molecule has 1 atom stereocenters. The van der Waals surface area contributed by atoms with E-state index in [1.54, 1.807) is 23.5 Å². The van der Waals surface area contributed by atoms with Gasteiger partial charge in [-0.3, -0.25) is 0 Å². The summed E-state index contributed by atoms with van der Waals surface area (Å²) in [6.07, 6.45) is 0.812. The minimum Gasteiger partial charge on any atom is -0.478 e. The van der Waals surface area contributed by atoms with Gasteiger partial charge < -0.3 is 9.67 Å². The van der Waals surface area contributed by atoms with Gasteiger partial charge >= 0.3 is 5.97 Å². The molecule has 0 amide bonds. The fourth-order valence-electron chi connectivity index (χ4n) is 2.62. The van der Waals surface area contributed by atoms with Crippen molar-refractivity contribution in [2.45, 2.75) is 26.3 Å². The van der Waals surface area contributed by atoms with Gasteiger partial charge in [0, 0.05) is 11.3 Å². The third-order valence-electron chi connectivity index (χ3n) is 3.67. The Morgan fingerprint density at radius 1 is 1.43 bits per heavy atom. The first-order valence-electron chi connectivity index (χ1n) is 6.89. The molecule has 108 valence electrons. The number of aromatic nitrogens is 2. The quantitative estimate of drug-likeness (QED) is 0.793. The summed E-state index contributed by atoms with van der Waals surface area (Å²) in [5, 5.41) is 11.2. The van der Waals surface area contributed by atoms with Crippen molar-refractivity contribution in [2.24, 2.45) is 0 Å². The Morgan fingerprint density at radius 2 is 2.24 bits per heavy atom. The maximum atomic E-state index is 11.1. The molecule has 1 unspecified atom stereocenters. The lowest BCUT2D eigenvalue weighted by atomic mass is 10.2. The first kappa shape index (κ1) is 13.8. The molecule has 0 bridgehead atoms. The molecule has 4 nitrogen and oxygen atoms in total. The van der Waals surface area contributed by atoms with Crippen LogP contribution in [0.2, 0.25) is 0 Å². The summed E-state index contributed by atoms with van der Waals surface area (Å²) in [6.45, 7) is 4.22. The van der Waals surface area contributed by atoms with Crippen LogP contribution >= 0.6 is 11.3 Å². The zero-order chi connectivity index (χ0) is 15.0. The molecule has 3 rings (SSSR count). The second kappa shape index (κ2) is 5.33. The second-order valence-corrected chi connectivity index (χ2v) is 5.93. The predicted molar refractivity (Wildman–Crippen MR) is 84.2 cm³/mol. The lowest BCUT2D eigenvalue weighted by Gasteiger charge is -2.16. The number of imidazole rings is 1. The minimum atomic E-state index is -0.921. The average Bonchev–Trinajstić information content (AvgIpc) is 3.12. The second-order valence-electron chi connectivity index (χ2n) is 4.95. The summed E-state index contributed by atoms with van der Waals surface area (Å²) in [7, 11) is 0. The normalized spacial score (nSPS) is 12.7. The van der Waals surface area contributed by atoms with Crippen molar-refractivity contribution in [3.05, 3.63) is 52.0 Å². The van der Waals surface area contributed by atoms with Crippen LogP contribution in [-0.4, -0.2) is 20.6 Å². The predicted octanol–water partition coefficient (Wildman–Crippen LogP) is 3.97. The molecule has 0 saturated carbocycles. The fourth-order valence-corrected chi connectivity index (χ4v) is 3.39. The van der Waals surface area contributed by atoms with Gasteiger partial charge in [0.1, 0.15) is 5.82 Å². The van der Waals surface area contributed by atoms with Crippen molar-refractivity contribution in [3.63, 3.8) is 0 Å². The molecule has 0 fully saturated rings. The number of benzene rings is 1. The van der Waals surface area contributed by atoms with Gasteiger partial charge in [-0.15, -0.1) is 11.3 Å². The molecule has 0 saturated heterocycles. The van der Waals surface area contributed by atoms with E-state index >= 15 is 0 Å². The van der Waals surface area contributed by atoms with E-state index in [1.165, 1.54) is 4.88 Å². The molecule has 0 radical (unpaired) electrons. The molecular weight excluding hydrogens is 284 g/mol. The zero-order valence-electron chi connectivity index (χ0n) is 11.9. The van der Waals surface area contributed by atoms with Crippen molar-refractivity contribution in [1.82, 2.24) is 9.55 Å². The third kappa shape index (κ3) is 2.34. The van der Waals surface area contributed by atoms with Gasteiger partial charge in [0.2, 0.25) is 0 Å². The summed E-state index contributed by atoms with van der Waals surface area (Å²) in [6, 6.07) is 9.50. The standard InChI is InChI=1S/C16H16N2O2S/c1-3-15-17-12-9-11(16(19)20)6-7-13(12)18(15)10(2)14-5-4-8-21-14/h4-10H,3H2,1-2H3,(H,19,20). The maximum Gasteiger partial charge on any atom is 0.335 e. The summed E-state index contributed by atoms with van der Waals surface area (Å²) in [4.78, 5) is 17.0. The largest absolute Gasteiger partial charge is 0.478 e. The minimum absolute atomic E-state index is 0.195. The molecule has 21 heavy (non-hydrogen) atoms. The number of carbonyl (C=O) groups is 1. The van der Waals surface area contributed by atoms with Crippen molar-refractivity contribution < 1.29 is 9.90 Å². The van der Waals surface area contributed by atoms with E-state index in [1.807, 2.05) is 12.1 Å². The summed E-state index contributed by atoms with van der Waals surface area (Å²) < 4.78 is 2.20. The molecule has 0 aliphatic heterocycles. The smallest absolute Gasteiger partial charge is 0.335 e. The van der Waals surface area contributed by atoms with Gasteiger partial charge in [0.15, 0.2) is 0 Å². The molecule has 3 aromatic rings. The Morgan fingerprint density at radius 3 is 2.86 bits per heavy atom. The van der Waals surface area contributed by atoms with Crippen LogP contribution in [0.15, 0.2) is 35.7 Å². The van der Waals surface area contributed by atoms with Gasteiger partial charge in [-0.05, 0) is 36.6 Å². The van der Waals surface area contributed by atoms with E-state index in [-0.39, 0.29) is 11.6 Å². The number of carboxylic acid groups (broad SMARTS) is 1. The maximum absolute atomic E-state index is 11.1. The van der Waals surface area contributed by atoms with E-state index in [4.69, 9.17) is 5.11 Å². The number of rotatable bonds is 4. The van der Waals surface area contributed by atoms with E-state index in [2.05, 4.69) is 34.8 Å². The van der Waals surface area contributed by atoms with Crippen LogP contribution in [0.5, 0.6) is 0 Å². The Bertz CT molecular complexity index is 790. The van der Waals surface area contributed by atoms with Gasteiger partial charge in [-0.25, -0.2) is 9.78 Å². The number of hydrogen-bond acceptors (Lipinski definition) is 3. The summed E-state index contributed by atoms with van der Waals surface area (Å²) in [5.74, 6) is 0.0595. The molecule has 2 aromatic heterocycles. The van der Waals surface area contributed by atoms with E-state index in [0.717, 1.165) is 23.3 Å². The summed E-state index contributed by atoms with van der Waals surface area (Å²) >= 11 is 1.72. The van der Waals surface area contributed by atoms with Crippen LogP contribution in [0, 0.1) is 0 Å². The van der Waals surface area contributed by atoms with Gasteiger partial charge in [0.05, 0.1) is 22.6 Å². The number of nitrogens with zero attached hydrogens (tertiary/aromatic N) is 2. The Kier molecular flexibility index (Phi) is 3.51. The Hall–Kier alpha value is -2.14. The highest BCUT2D eigenvalue weighted by Gasteiger charge is 2.18. The third-order valence-corrected chi connectivity index (χ3v) is 4.71. The van der Waals surface area contributed by atoms with Gasteiger partial charge in [0.25, 0.3) is 0 Å². The molecule has 1 aromatic carbocycles. The van der Waals surface area contributed by atoms with Crippen LogP contribution in [0.3, 0.4) is 0 Å². The zero-order valence-corrected chi connectivity index (χ0v) is 12.7. The topological polar surface area (TPSA) is 55.1 Å². The first-order chi connectivity index (χ1) is 10.1. The van der Waals surface area contributed by atoms with Crippen LogP contribution in [0.25, 0.3) is 11.0 Å². The van der Waals surface area contributed by atoms with Crippen LogP contribution < -0.4 is 0 Å². The van der Waals surface area contributed by atoms with Crippen LogP contribution in [0.1, 0.15) is 40.9 Å². The lowest BCUT2D eigenvalue weighted by molar-refractivity contribution is 0.0697. The number of fused-ring (bicyclic) bond motifs is 1. The van der Waals surface area contributed by atoms with Crippen molar-refractivity contribution in [2.75, 3.05) is 0 Å². The van der Waals surface area contributed by atoms with E-state index < -0.39 is 5.97 Å². The van der Waals surface area contributed by atoms with E-state index in [0.29, 0.717) is 0 Å². The van der Waals surface area contributed by atoms with Crippen molar-refractivity contribution in [1.29, 1.82) is 0 Å². The van der Waals surface area contributed by atoms with Crippen molar-refractivity contribution in [3.8, 4) is 0 Å². The van der Waals surface area contributed by atoms with Crippen molar-refractivity contribution >= 4 is 28.3 Å². The number of aryl methyl sites for hydroxylation is 1. The SMILES string of the molecule is CCc1nc2cc(C(=O)O)ccc2n1C(C)c1cccs1. The fraction of sp³-hybridized carbons (Fsp3) is 0.250. The number of hydrogen-bond donors (Lipinski definition) is 1. The monoisotopic (exact) mass is 300 g/mol. The van der Waals surface area contributed by atoms with Crippen LogP contribution in [-0.2, 0) is 6.42 Å². The average molecular weight is 300 g/mol. The summed E-state index contributed by atoms with van der Waals surface area (Å²) in [5.41, 5.74) is 2.01. The highest BCUT2D eigenvalue weighted by Crippen LogP contribution is 2.29. The molecule has 1 N–H and O–H groups in total. The van der Waals surface area contributed by atoms with E-state index in [9.17, 15) is 4.79 Å². The number of thiophene rings is 1. The molecule has 0 aliphatic rings. The highest BCUT2D eigenvalue weighted by molar-refractivity contribution is 7.10. The molecule has 2 heterocycles. The Labute approximate surface area is 126 Å². The molecule has 0 spiro atoms. The van der Waals surface area contributed by atoms with Gasteiger partial charge in [-0.2, -0.15) is 0 Å². The first-order valence-corrected chi connectivity index (χ1v) is 7.77. The van der Waals surface area contributed by atoms with Gasteiger partial charge in [-0.1, -0.05) is 13.0 Å². The molecule has 5 heteroatoms. The lowest BCUT2D eigenvalue weighted by Crippen LogP contribution is -2.09. The Balaban J connectivity index is 2.19. The van der Waals surface area contributed by atoms with Crippen LogP contribution in [0.4, 0.5) is 0 Å².